The Kier molecular flexibility index (Phi) is 8.00. The highest BCUT2D eigenvalue weighted by Gasteiger charge is 2.19. The minimum atomic E-state index is -0.988. The van der Waals surface area contributed by atoms with Gasteiger partial charge in [0.2, 0.25) is 0 Å². The van der Waals surface area contributed by atoms with Crippen molar-refractivity contribution in [2.75, 3.05) is 11.9 Å². The number of ether oxygens (including phenoxy) is 2. The van der Waals surface area contributed by atoms with Crippen molar-refractivity contribution in [1.82, 2.24) is 0 Å². The molecule has 0 aliphatic carbocycles. The lowest BCUT2D eigenvalue weighted by atomic mass is 9.87. The van der Waals surface area contributed by atoms with Crippen molar-refractivity contribution in [1.29, 1.82) is 0 Å². The molecule has 30 heavy (non-hydrogen) atoms. The van der Waals surface area contributed by atoms with E-state index >= 15 is 0 Å². The second kappa shape index (κ2) is 10.3. The first kappa shape index (κ1) is 23.4. The van der Waals surface area contributed by atoms with Crippen LogP contribution in [0.15, 0.2) is 48.5 Å². The summed E-state index contributed by atoms with van der Waals surface area (Å²) < 4.78 is 11.0. The van der Waals surface area contributed by atoms with Gasteiger partial charge in [0.1, 0.15) is 5.75 Å². The van der Waals surface area contributed by atoms with Crippen LogP contribution in [0.5, 0.6) is 5.75 Å². The smallest absolute Gasteiger partial charge is 0.333 e. The van der Waals surface area contributed by atoms with E-state index in [2.05, 4.69) is 26.1 Å². The fraction of sp³-hybridized carbons (Fsp3) is 0.417. The number of carbonyl (C=O) groups is 2. The molecule has 0 aliphatic rings. The van der Waals surface area contributed by atoms with Crippen LogP contribution in [-0.2, 0) is 26.2 Å². The van der Waals surface area contributed by atoms with Gasteiger partial charge in [0.05, 0.1) is 0 Å². The molecule has 2 aromatic carbocycles. The number of hydrogen-bond donors (Lipinski definition) is 2. The number of rotatable bonds is 9. The van der Waals surface area contributed by atoms with Gasteiger partial charge in [-0.3, -0.25) is 4.79 Å². The minimum Gasteiger partial charge on any atom is -0.481 e. The van der Waals surface area contributed by atoms with Crippen molar-refractivity contribution in [2.24, 2.45) is 0 Å². The Morgan fingerprint density at radius 1 is 1.03 bits per heavy atom. The minimum absolute atomic E-state index is 0.0538. The standard InChI is InChI=1S/C24H31NO5/c1-6-29-21(23(27)28)15-17-7-13-20(14-8-17)30-16(2)22(26)25-19-11-9-18(10-12-19)24(3,4)5/h7-14,16,21H,6,15H2,1-5H3,(H,25,26)(H,27,28). The number of amides is 1. The Morgan fingerprint density at radius 2 is 1.63 bits per heavy atom. The molecule has 0 saturated carbocycles. The van der Waals surface area contributed by atoms with E-state index in [-0.39, 0.29) is 17.7 Å². The van der Waals surface area contributed by atoms with Crippen molar-refractivity contribution in [3.8, 4) is 5.75 Å². The highest BCUT2D eigenvalue weighted by Crippen LogP contribution is 2.23. The number of carbonyl (C=O) groups excluding carboxylic acids is 1. The van der Waals surface area contributed by atoms with Crippen LogP contribution in [-0.4, -0.2) is 35.8 Å². The third kappa shape index (κ3) is 6.88. The Balaban J connectivity index is 1.92. The highest BCUT2D eigenvalue weighted by molar-refractivity contribution is 5.94. The van der Waals surface area contributed by atoms with Gasteiger partial charge in [-0.1, -0.05) is 45.0 Å². The van der Waals surface area contributed by atoms with Gasteiger partial charge in [-0.25, -0.2) is 4.79 Å². The molecule has 0 heterocycles. The number of carboxylic acids is 1. The maximum absolute atomic E-state index is 12.4. The van der Waals surface area contributed by atoms with Gasteiger partial charge in [0.15, 0.2) is 12.2 Å². The lowest BCUT2D eigenvalue weighted by molar-refractivity contribution is -0.149. The van der Waals surface area contributed by atoms with Crippen LogP contribution in [0.3, 0.4) is 0 Å². The first-order valence-electron chi connectivity index (χ1n) is 10.1. The van der Waals surface area contributed by atoms with Crippen LogP contribution >= 0.6 is 0 Å². The molecule has 162 valence electrons. The normalized spacial score (nSPS) is 13.4. The van der Waals surface area contributed by atoms with Crippen molar-refractivity contribution in [3.05, 3.63) is 59.7 Å². The van der Waals surface area contributed by atoms with Gasteiger partial charge in [-0.2, -0.15) is 0 Å². The molecule has 0 saturated heterocycles. The third-order valence-electron chi connectivity index (χ3n) is 4.69. The molecular formula is C24H31NO5. The molecule has 0 aliphatic heterocycles. The summed E-state index contributed by atoms with van der Waals surface area (Å²) >= 11 is 0. The molecule has 0 radical (unpaired) electrons. The summed E-state index contributed by atoms with van der Waals surface area (Å²) in [7, 11) is 0. The number of anilines is 1. The molecular weight excluding hydrogens is 382 g/mol. The van der Waals surface area contributed by atoms with Crippen LogP contribution in [0, 0.1) is 0 Å². The molecule has 0 fully saturated rings. The number of aliphatic carboxylic acids is 1. The van der Waals surface area contributed by atoms with Crippen molar-refractivity contribution in [2.45, 2.75) is 58.7 Å². The van der Waals surface area contributed by atoms with Gasteiger partial charge in [-0.15, -0.1) is 0 Å². The number of carboxylic acid groups (broad SMARTS) is 1. The van der Waals surface area contributed by atoms with Crippen molar-refractivity contribution < 1.29 is 24.2 Å². The molecule has 0 aromatic heterocycles. The lowest BCUT2D eigenvalue weighted by Crippen LogP contribution is -2.30. The quantitative estimate of drug-likeness (QED) is 0.636. The Hall–Kier alpha value is -2.86. The van der Waals surface area contributed by atoms with Gasteiger partial charge in [0, 0.05) is 18.7 Å². The Bertz CT molecular complexity index is 837. The summed E-state index contributed by atoms with van der Waals surface area (Å²) in [6.45, 7) is 10.2. The summed E-state index contributed by atoms with van der Waals surface area (Å²) in [5.74, 6) is -0.698. The SMILES string of the molecule is CCOC(Cc1ccc(OC(C)C(=O)Nc2ccc(C(C)(C)C)cc2)cc1)C(=O)O. The van der Waals surface area contributed by atoms with Gasteiger partial charge in [0.25, 0.3) is 5.91 Å². The van der Waals surface area contributed by atoms with Gasteiger partial charge >= 0.3 is 5.97 Å². The highest BCUT2D eigenvalue weighted by atomic mass is 16.5. The lowest BCUT2D eigenvalue weighted by Gasteiger charge is -2.20. The van der Waals surface area contributed by atoms with E-state index < -0.39 is 18.2 Å². The Labute approximate surface area is 178 Å². The molecule has 2 atom stereocenters. The van der Waals surface area contributed by atoms with E-state index in [1.54, 1.807) is 38.1 Å². The van der Waals surface area contributed by atoms with Crippen LogP contribution < -0.4 is 10.1 Å². The predicted molar refractivity (Wildman–Crippen MR) is 117 cm³/mol. The van der Waals surface area contributed by atoms with Crippen molar-refractivity contribution >= 4 is 17.6 Å². The second-order valence-electron chi connectivity index (χ2n) is 8.21. The van der Waals surface area contributed by atoms with E-state index in [1.807, 2.05) is 24.3 Å². The van der Waals surface area contributed by atoms with E-state index in [9.17, 15) is 14.7 Å². The molecule has 2 aromatic rings. The summed E-state index contributed by atoms with van der Waals surface area (Å²) in [6.07, 6.45) is -1.30. The van der Waals surface area contributed by atoms with E-state index in [1.165, 1.54) is 5.56 Å². The summed E-state index contributed by atoms with van der Waals surface area (Å²) in [5, 5.41) is 12.0. The van der Waals surface area contributed by atoms with E-state index in [0.29, 0.717) is 12.4 Å². The molecule has 2 rings (SSSR count). The molecule has 6 heteroatoms. The molecule has 2 N–H and O–H groups in total. The molecule has 1 amide bonds. The van der Waals surface area contributed by atoms with Crippen LogP contribution in [0.2, 0.25) is 0 Å². The largest absolute Gasteiger partial charge is 0.481 e. The Morgan fingerprint density at radius 3 is 2.13 bits per heavy atom. The average Bonchev–Trinajstić information content (AvgIpc) is 2.68. The van der Waals surface area contributed by atoms with E-state index in [0.717, 1.165) is 11.3 Å². The molecule has 6 nitrogen and oxygen atoms in total. The second-order valence-corrected chi connectivity index (χ2v) is 8.21. The topological polar surface area (TPSA) is 84.9 Å². The summed E-state index contributed by atoms with van der Waals surface area (Å²) in [6, 6.07) is 14.8. The fourth-order valence-corrected chi connectivity index (χ4v) is 2.89. The van der Waals surface area contributed by atoms with Crippen LogP contribution in [0.1, 0.15) is 45.7 Å². The summed E-state index contributed by atoms with van der Waals surface area (Å²) in [4.78, 5) is 23.6. The first-order chi connectivity index (χ1) is 14.1. The van der Waals surface area contributed by atoms with Crippen LogP contribution in [0.4, 0.5) is 5.69 Å². The fourth-order valence-electron chi connectivity index (χ4n) is 2.89. The number of hydrogen-bond acceptors (Lipinski definition) is 4. The number of nitrogens with one attached hydrogen (secondary N) is 1. The summed E-state index contributed by atoms with van der Waals surface area (Å²) in [5.41, 5.74) is 2.78. The maximum atomic E-state index is 12.4. The van der Waals surface area contributed by atoms with Gasteiger partial charge in [-0.05, 0) is 54.7 Å². The number of benzene rings is 2. The zero-order valence-electron chi connectivity index (χ0n) is 18.3. The third-order valence-corrected chi connectivity index (χ3v) is 4.69. The molecule has 0 spiro atoms. The van der Waals surface area contributed by atoms with Crippen molar-refractivity contribution in [3.63, 3.8) is 0 Å². The van der Waals surface area contributed by atoms with Crippen LogP contribution in [0.25, 0.3) is 0 Å². The average molecular weight is 414 g/mol. The molecule has 0 bridgehead atoms. The van der Waals surface area contributed by atoms with Gasteiger partial charge < -0.3 is 19.9 Å². The maximum Gasteiger partial charge on any atom is 0.333 e. The molecule has 2 unspecified atom stereocenters. The zero-order valence-corrected chi connectivity index (χ0v) is 18.3. The predicted octanol–water partition coefficient (Wildman–Crippen LogP) is 4.42. The first-order valence-corrected chi connectivity index (χ1v) is 10.1. The zero-order chi connectivity index (χ0) is 22.3. The van der Waals surface area contributed by atoms with E-state index in [4.69, 9.17) is 9.47 Å². The monoisotopic (exact) mass is 413 g/mol.